The molecule has 1 aromatic carbocycles. The van der Waals surface area contributed by atoms with Crippen molar-refractivity contribution in [2.24, 2.45) is 0 Å². The SMILES string of the molecule is c1cc2cc(c1)CSCCCSCCCSC2. The lowest BCUT2D eigenvalue weighted by molar-refractivity contribution is 1.09. The van der Waals surface area contributed by atoms with Crippen LogP contribution in [0.3, 0.4) is 0 Å². The predicted octanol–water partition coefficient (Wildman–Crippen LogP) is 4.68. The largest absolute Gasteiger partial charge is 0.162 e. The molecule has 1 aliphatic heterocycles. The van der Waals surface area contributed by atoms with Gasteiger partial charge in [0, 0.05) is 11.5 Å². The highest BCUT2D eigenvalue weighted by Crippen LogP contribution is 2.20. The molecule has 2 bridgehead atoms. The zero-order chi connectivity index (χ0) is 11.8. The minimum absolute atomic E-state index is 1.18. The molecule has 2 rings (SSSR count). The summed E-state index contributed by atoms with van der Waals surface area (Å²) in [5.41, 5.74) is 3.00. The number of thioether (sulfide) groups is 3. The summed E-state index contributed by atoms with van der Waals surface area (Å²) in [6.45, 7) is 0. The highest BCUT2D eigenvalue weighted by molar-refractivity contribution is 8.00. The van der Waals surface area contributed by atoms with E-state index in [1.165, 1.54) is 58.5 Å². The smallest absolute Gasteiger partial charge is 0.0184 e. The molecule has 0 spiro atoms. The van der Waals surface area contributed by atoms with Gasteiger partial charge in [0.2, 0.25) is 0 Å². The average Bonchev–Trinajstić information content (AvgIpc) is 2.36. The Morgan fingerprint density at radius 2 is 1.24 bits per heavy atom. The number of benzene rings is 1. The molecule has 0 aromatic heterocycles. The van der Waals surface area contributed by atoms with Crippen LogP contribution >= 0.6 is 35.3 Å². The van der Waals surface area contributed by atoms with Crippen molar-refractivity contribution in [2.75, 3.05) is 23.0 Å². The summed E-state index contributed by atoms with van der Waals surface area (Å²) in [4.78, 5) is 0. The summed E-state index contributed by atoms with van der Waals surface area (Å²) < 4.78 is 0. The first-order valence-electron chi connectivity index (χ1n) is 6.26. The van der Waals surface area contributed by atoms with Crippen LogP contribution in [0.5, 0.6) is 0 Å². The maximum Gasteiger partial charge on any atom is 0.0184 e. The molecular weight excluding hydrogens is 264 g/mol. The molecule has 1 aliphatic rings. The molecule has 0 unspecified atom stereocenters. The van der Waals surface area contributed by atoms with Crippen molar-refractivity contribution in [3.63, 3.8) is 0 Å². The lowest BCUT2D eigenvalue weighted by Crippen LogP contribution is -1.92. The van der Waals surface area contributed by atoms with Gasteiger partial charge in [-0.2, -0.15) is 35.3 Å². The fourth-order valence-corrected chi connectivity index (χ4v) is 4.90. The van der Waals surface area contributed by atoms with Crippen LogP contribution in [0.25, 0.3) is 0 Å². The highest BCUT2D eigenvalue weighted by Gasteiger charge is 2.00. The molecule has 0 saturated heterocycles. The first-order chi connectivity index (χ1) is 8.45. The van der Waals surface area contributed by atoms with Crippen molar-refractivity contribution in [2.45, 2.75) is 24.3 Å². The second-order valence-corrected chi connectivity index (χ2v) is 7.68. The Morgan fingerprint density at radius 3 is 1.82 bits per heavy atom. The zero-order valence-electron chi connectivity index (χ0n) is 10.2. The van der Waals surface area contributed by atoms with Crippen LogP contribution < -0.4 is 0 Å². The van der Waals surface area contributed by atoms with Crippen LogP contribution in [-0.2, 0) is 11.5 Å². The molecule has 94 valence electrons. The Kier molecular flexibility index (Phi) is 6.76. The van der Waals surface area contributed by atoms with Gasteiger partial charge in [-0.05, 0) is 47.0 Å². The quantitative estimate of drug-likeness (QED) is 0.679. The zero-order valence-corrected chi connectivity index (χ0v) is 12.6. The van der Waals surface area contributed by atoms with E-state index >= 15 is 0 Å². The predicted molar refractivity (Wildman–Crippen MR) is 85.3 cm³/mol. The maximum atomic E-state index is 2.39. The van der Waals surface area contributed by atoms with E-state index in [-0.39, 0.29) is 0 Å². The minimum Gasteiger partial charge on any atom is -0.162 e. The molecule has 0 amide bonds. The molecular formula is C14H20S3. The summed E-state index contributed by atoms with van der Waals surface area (Å²) in [6, 6.07) is 9.14. The third-order valence-corrected chi connectivity index (χ3v) is 6.07. The van der Waals surface area contributed by atoms with Gasteiger partial charge in [-0.15, -0.1) is 0 Å². The molecule has 17 heavy (non-hydrogen) atoms. The summed E-state index contributed by atoms with van der Waals surface area (Å²) in [5.74, 6) is 7.68. The van der Waals surface area contributed by atoms with Crippen molar-refractivity contribution < 1.29 is 0 Å². The maximum absolute atomic E-state index is 2.39. The standard InChI is InChI=1S/C14H20S3/c1-4-13-10-14(5-1)12-17-9-3-7-15-6-2-8-16-11-13/h1,4-5,10H,2-3,6-9,11-12H2. The van der Waals surface area contributed by atoms with Gasteiger partial charge in [0.15, 0.2) is 0 Å². The number of hydrogen-bond donors (Lipinski definition) is 0. The highest BCUT2D eigenvalue weighted by atomic mass is 32.2. The first-order valence-corrected chi connectivity index (χ1v) is 9.72. The van der Waals surface area contributed by atoms with Crippen LogP contribution in [0.4, 0.5) is 0 Å². The molecule has 0 aliphatic carbocycles. The molecule has 1 heterocycles. The van der Waals surface area contributed by atoms with E-state index in [0.29, 0.717) is 0 Å². The molecule has 0 nitrogen and oxygen atoms in total. The Morgan fingerprint density at radius 1 is 0.706 bits per heavy atom. The van der Waals surface area contributed by atoms with E-state index in [1.54, 1.807) is 0 Å². The Bertz CT molecular complexity index is 298. The van der Waals surface area contributed by atoms with Crippen molar-refractivity contribution >= 4 is 35.3 Å². The van der Waals surface area contributed by atoms with Gasteiger partial charge in [-0.1, -0.05) is 24.3 Å². The van der Waals surface area contributed by atoms with Crippen LogP contribution in [0, 0.1) is 0 Å². The van der Waals surface area contributed by atoms with Gasteiger partial charge in [0.1, 0.15) is 0 Å². The van der Waals surface area contributed by atoms with Gasteiger partial charge in [-0.3, -0.25) is 0 Å². The lowest BCUT2D eigenvalue weighted by Gasteiger charge is -2.07. The summed E-state index contributed by atoms with van der Waals surface area (Å²) in [6.07, 6.45) is 2.73. The molecule has 3 heteroatoms. The monoisotopic (exact) mass is 284 g/mol. The van der Waals surface area contributed by atoms with Gasteiger partial charge in [0.05, 0.1) is 0 Å². The summed E-state index contributed by atoms with van der Waals surface area (Å²) >= 11 is 6.29. The van der Waals surface area contributed by atoms with E-state index in [2.05, 4.69) is 59.6 Å². The normalized spacial score (nSPS) is 19.5. The Labute approximate surface area is 118 Å². The van der Waals surface area contributed by atoms with E-state index in [4.69, 9.17) is 0 Å². The van der Waals surface area contributed by atoms with Crippen LogP contribution in [-0.4, -0.2) is 23.0 Å². The third kappa shape index (κ3) is 5.62. The molecule has 0 N–H and O–H groups in total. The topological polar surface area (TPSA) is 0 Å². The second-order valence-electron chi connectivity index (χ2n) is 4.24. The van der Waals surface area contributed by atoms with E-state index in [0.717, 1.165) is 0 Å². The molecule has 0 fully saturated rings. The lowest BCUT2D eigenvalue weighted by atomic mass is 10.2. The van der Waals surface area contributed by atoms with Crippen molar-refractivity contribution in [3.05, 3.63) is 35.4 Å². The van der Waals surface area contributed by atoms with E-state index < -0.39 is 0 Å². The fourth-order valence-electron chi connectivity index (χ4n) is 1.82. The number of rotatable bonds is 0. The van der Waals surface area contributed by atoms with Crippen molar-refractivity contribution in [3.8, 4) is 0 Å². The molecule has 0 saturated carbocycles. The molecule has 0 radical (unpaired) electrons. The van der Waals surface area contributed by atoms with Gasteiger partial charge < -0.3 is 0 Å². The van der Waals surface area contributed by atoms with Crippen LogP contribution in [0.15, 0.2) is 24.3 Å². The Hall–Kier alpha value is 0.270. The fraction of sp³-hybridized carbons (Fsp3) is 0.571. The average molecular weight is 285 g/mol. The van der Waals surface area contributed by atoms with Crippen LogP contribution in [0.2, 0.25) is 0 Å². The van der Waals surface area contributed by atoms with E-state index in [9.17, 15) is 0 Å². The van der Waals surface area contributed by atoms with Crippen LogP contribution in [0.1, 0.15) is 24.0 Å². The summed E-state index contributed by atoms with van der Waals surface area (Å²) in [5, 5.41) is 0. The second kappa shape index (κ2) is 8.39. The van der Waals surface area contributed by atoms with Crippen molar-refractivity contribution in [1.82, 2.24) is 0 Å². The third-order valence-electron chi connectivity index (χ3n) is 2.68. The molecule has 0 atom stereocenters. The number of hydrogen-bond acceptors (Lipinski definition) is 3. The Balaban J connectivity index is 1.91. The van der Waals surface area contributed by atoms with Gasteiger partial charge in [0.25, 0.3) is 0 Å². The molecule has 1 aromatic rings. The van der Waals surface area contributed by atoms with Gasteiger partial charge in [-0.25, -0.2) is 0 Å². The minimum atomic E-state index is 1.18. The number of fused-ring (bicyclic) bond motifs is 2. The van der Waals surface area contributed by atoms with E-state index in [1.807, 2.05) is 0 Å². The first kappa shape index (κ1) is 13.7. The van der Waals surface area contributed by atoms with Crippen molar-refractivity contribution in [1.29, 1.82) is 0 Å². The summed E-state index contributed by atoms with van der Waals surface area (Å²) in [7, 11) is 0. The van der Waals surface area contributed by atoms with Gasteiger partial charge >= 0.3 is 0 Å².